The molecule has 25 heavy (non-hydrogen) atoms. The van der Waals surface area contributed by atoms with Crippen LogP contribution in [0.4, 0.5) is 4.39 Å². The van der Waals surface area contributed by atoms with Crippen molar-refractivity contribution in [1.29, 1.82) is 0 Å². The Balaban J connectivity index is 1.88. The minimum atomic E-state index is -0.414. The molecule has 0 saturated heterocycles. The van der Waals surface area contributed by atoms with Gasteiger partial charge in [0.05, 0.1) is 10.5 Å². The van der Waals surface area contributed by atoms with Gasteiger partial charge in [0.15, 0.2) is 0 Å². The summed E-state index contributed by atoms with van der Waals surface area (Å²) in [6.45, 7) is 0. The van der Waals surface area contributed by atoms with E-state index in [-0.39, 0.29) is 5.02 Å². The summed E-state index contributed by atoms with van der Waals surface area (Å²) in [4.78, 5) is 4.52. The predicted octanol–water partition coefficient (Wildman–Crippen LogP) is 6.29. The van der Waals surface area contributed by atoms with E-state index in [1.807, 2.05) is 30.3 Å². The van der Waals surface area contributed by atoms with E-state index < -0.39 is 5.82 Å². The smallest absolute Gasteiger partial charge is 0.141 e. The molecule has 0 aliphatic rings. The predicted molar refractivity (Wildman–Crippen MR) is 101 cm³/mol. The van der Waals surface area contributed by atoms with Gasteiger partial charge in [-0.15, -0.1) is 0 Å². The summed E-state index contributed by atoms with van der Waals surface area (Å²) in [7, 11) is 0. The Morgan fingerprint density at radius 3 is 2.48 bits per heavy atom. The molecule has 0 aliphatic carbocycles. The lowest BCUT2D eigenvalue weighted by Crippen LogP contribution is -1.92. The number of aromatic nitrogens is 1. The third kappa shape index (κ3) is 3.26. The van der Waals surface area contributed by atoms with Gasteiger partial charge in [-0.2, -0.15) is 0 Å². The molecule has 0 fully saturated rings. The van der Waals surface area contributed by atoms with Crippen molar-refractivity contribution in [3.63, 3.8) is 0 Å². The van der Waals surface area contributed by atoms with Gasteiger partial charge in [0.2, 0.25) is 0 Å². The minimum Gasteiger partial charge on any atom is -0.256 e. The van der Waals surface area contributed by atoms with Crippen LogP contribution in [0.2, 0.25) is 5.02 Å². The Morgan fingerprint density at radius 1 is 0.840 bits per heavy atom. The van der Waals surface area contributed by atoms with E-state index in [4.69, 9.17) is 11.6 Å². The Kier molecular flexibility index (Phi) is 4.21. The molecule has 4 aromatic rings. The van der Waals surface area contributed by atoms with Crippen molar-refractivity contribution in [2.45, 2.75) is 6.42 Å². The fraction of sp³-hybridized carbons (Fsp3) is 0.0455. The number of rotatable bonds is 3. The maximum Gasteiger partial charge on any atom is 0.141 e. The van der Waals surface area contributed by atoms with Gasteiger partial charge >= 0.3 is 0 Å². The fourth-order valence-corrected chi connectivity index (χ4v) is 3.25. The molecule has 0 bridgehead atoms. The second-order valence-electron chi connectivity index (χ2n) is 6.01. The first-order valence-electron chi connectivity index (χ1n) is 8.08. The Bertz CT molecular complexity index is 1040. The average molecular weight is 348 g/mol. The Morgan fingerprint density at radius 2 is 1.68 bits per heavy atom. The fourth-order valence-electron chi connectivity index (χ4n) is 3.07. The van der Waals surface area contributed by atoms with Crippen molar-refractivity contribution < 1.29 is 4.39 Å². The largest absolute Gasteiger partial charge is 0.256 e. The number of pyridine rings is 1. The van der Waals surface area contributed by atoms with Gasteiger partial charge in [-0.3, -0.25) is 4.98 Å². The summed E-state index contributed by atoms with van der Waals surface area (Å²) < 4.78 is 13.5. The first kappa shape index (κ1) is 15.8. The molecule has 0 unspecified atom stereocenters. The average Bonchev–Trinajstić information content (AvgIpc) is 2.64. The number of nitrogens with zero attached hydrogens (tertiary/aromatic N) is 1. The topological polar surface area (TPSA) is 12.9 Å². The standard InChI is InChI=1S/C22H15ClFN/c23-20-14-17(8-9-21(20)24)19-13-16(11-15-5-2-1-3-6-15)12-18-7-4-10-25-22(18)19/h1-10,12-14H,11H2. The molecule has 4 rings (SSSR count). The molecule has 0 radical (unpaired) electrons. The normalized spacial score (nSPS) is 11.0. The third-order valence-corrected chi connectivity index (χ3v) is 4.54. The molecule has 1 heterocycles. The lowest BCUT2D eigenvalue weighted by atomic mass is 9.96. The molecule has 122 valence electrons. The molecular formula is C22H15ClFN. The zero-order chi connectivity index (χ0) is 17.2. The van der Waals surface area contributed by atoms with Crippen LogP contribution in [0.1, 0.15) is 11.1 Å². The summed E-state index contributed by atoms with van der Waals surface area (Å²) in [5, 5.41) is 1.18. The maximum absolute atomic E-state index is 13.5. The first-order chi connectivity index (χ1) is 12.2. The van der Waals surface area contributed by atoms with Crippen LogP contribution in [-0.2, 0) is 6.42 Å². The quantitative estimate of drug-likeness (QED) is 0.424. The second-order valence-corrected chi connectivity index (χ2v) is 6.42. The molecule has 0 N–H and O–H groups in total. The van der Waals surface area contributed by atoms with Crippen LogP contribution in [0.3, 0.4) is 0 Å². The summed E-state index contributed by atoms with van der Waals surface area (Å²) in [6, 6.07) is 23.4. The third-order valence-electron chi connectivity index (χ3n) is 4.25. The van der Waals surface area contributed by atoms with Crippen LogP contribution in [-0.4, -0.2) is 4.98 Å². The number of benzene rings is 3. The lowest BCUT2D eigenvalue weighted by molar-refractivity contribution is 0.628. The van der Waals surface area contributed by atoms with E-state index in [9.17, 15) is 4.39 Å². The zero-order valence-corrected chi connectivity index (χ0v) is 14.2. The highest BCUT2D eigenvalue weighted by Gasteiger charge is 2.10. The molecule has 1 nitrogen and oxygen atoms in total. The van der Waals surface area contributed by atoms with Crippen molar-refractivity contribution in [2.24, 2.45) is 0 Å². The summed E-state index contributed by atoms with van der Waals surface area (Å²) in [5.74, 6) is -0.414. The van der Waals surface area contributed by atoms with E-state index in [0.29, 0.717) is 0 Å². The van der Waals surface area contributed by atoms with Crippen LogP contribution >= 0.6 is 11.6 Å². The molecule has 0 saturated carbocycles. The SMILES string of the molecule is Fc1ccc(-c2cc(Cc3ccccc3)cc3cccnc23)cc1Cl. The van der Waals surface area contributed by atoms with Crippen LogP contribution in [0.15, 0.2) is 79.0 Å². The van der Waals surface area contributed by atoms with E-state index in [1.165, 1.54) is 17.2 Å². The van der Waals surface area contributed by atoms with E-state index in [2.05, 4.69) is 29.2 Å². The van der Waals surface area contributed by atoms with Crippen LogP contribution in [0.5, 0.6) is 0 Å². The van der Waals surface area contributed by atoms with Gasteiger partial charge in [-0.1, -0.05) is 54.1 Å². The minimum absolute atomic E-state index is 0.120. The van der Waals surface area contributed by atoms with Crippen molar-refractivity contribution in [2.75, 3.05) is 0 Å². The Hall–Kier alpha value is -2.71. The van der Waals surface area contributed by atoms with Crippen molar-refractivity contribution in [3.8, 4) is 11.1 Å². The van der Waals surface area contributed by atoms with Gasteiger partial charge in [-0.05, 0) is 53.4 Å². The Labute approximate surface area is 150 Å². The number of hydrogen-bond acceptors (Lipinski definition) is 1. The van der Waals surface area contributed by atoms with Crippen molar-refractivity contribution >= 4 is 22.5 Å². The van der Waals surface area contributed by atoms with E-state index >= 15 is 0 Å². The highest BCUT2D eigenvalue weighted by Crippen LogP contribution is 2.32. The van der Waals surface area contributed by atoms with Gasteiger partial charge in [0.1, 0.15) is 5.82 Å². The molecule has 0 amide bonds. The molecule has 0 atom stereocenters. The summed E-state index contributed by atoms with van der Waals surface area (Å²) in [6.07, 6.45) is 2.60. The molecule has 3 heteroatoms. The second kappa shape index (κ2) is 6.66. The number of halogens is 2. The van der Waals surface area contributed by atoms with Crippen LogP contribution in [0, 0.1) is 5.82 Å². The highest BCUT2D eigenvalue weighted by molar-refractivity contribution is 6.31. The van der Waals surface area contributed by atoms with Gasteiger partial charge in [-0.25, -0.2) is 4.39 Å². The van der Waals surface area contributed by atoms with Gasteiger partial charge in [0, 0.05) is 17.1 Å². The maximum atomic E-state index is 13.5. The van der Waals surface area contributed by atoms with Crippen molar-refractivity contribution in [3.05, 3.63) is 101 Å². The molecule has 3 aromatic carbocycles. The molecule has 0 aliphatic heterocycles. The highest BCUT2D eigenvalue weighted by atomic mass is 35.5. The zero-order valence-electron chi connectivity index (χ0n) is 13.4. The monoisotopic (exact) mass is 347 g/mol. The number of hydrogen-bond donors (Lipinski definition) is 0. The summed E-state index contributed by atoms with van der Waals surface area (Å²) in [5.41, 5.74) is 5.15. The van der Waals surface area contributed by atoms with Gasteiger partial charge in [0.25, 0.3) is 0 Å². The lowest BCUT2D eigenvalue weighted by Gasteiger charge is -2.11. The van der Waals surface area contributed by atoms with Crippen molar-refractivity contribution in [1.82, 2.24) is 4.98 Å². The van der Waals surface area contributed by atoms with Crippen LogP contribution in [0.25, 0.3) is 22.0 Å². The van der Waals surface area contributed by atoms with Crippen LogP contribution < -0.4 is 0 Å². The summed E-state index contributed by atoms with van der Waals surface area (Å²) >= 11 is 5.99. The number of fused-ring (bicyclic) bond motifs is 1. The first-order valence-corrected chi connectivity index (χ1v) is 8.45. The van der Waals surface area contributed by atoms with E-state index in [0.717, 1.165) is 28.5 Å². The molecule has 1 aromatic heterocycles. The molecule has 0 spiro atoms. The van der Waals surface area contributed by atoms with E-state index in [1.54, 1.807) is 18.3 Å². The van der Waals surface area contributed by atoms with Gasteiger partial charge < -0.3 is 0 Å². The molecular weight excluding hydrogens is 333 g/mol.